The molecule has 0 radical (unpaired) electrons. The molecule has 0 fully saturated rings. The van der Waals surface area contributed by atoms with E-state index < -0.39 is 5.91 Å². The molecule has 2 amide bonds. The maximum absolute atomic E-state index is 12.1. The summed E-state index contributed by atoms with van der Waals surface area (Å²) in [6.45, 7) is 0.329. The third-order valence-corrected chi connectivity index (χ3v) is 4.87. The van der Waals surface area contributed by atoms with Crippen LogP contribution in [0.1, 0.15) is 11.1 Å². The second-order valence-corrected chi connectivity index (χ2v) is 7.03. The van der Waals surface area contributed by atoms with Crippen molar-refractivity contribution < 1.29 is 9.59 Å². The number of nitrogens with zero attached hydrogens (tertiary/aromatic N) is 3. The van der Waals surface area contributed by atoms with Crippen molar-refractivity contribution in [2.24, 2.45) is 4.99 Å². The summed E-state index contributed by atoms with van der Waals surface area (Å²) < 4.78 is 1.84. The van der Waals surface area contributed by atoms with Gasteiger partial charge >= 0.3 is 0 Å². The molecule has 28 heavy (non-hydrogen) atoms. The van der Waals surface area contributed by atoms with E-state index in [0.29, 0.717) is 16.4 Å². The van der Waals surface area contributed by atoms with E-state index in [-0.39, 0.29) is 12.5 Å². The predicted octanol–water partition coefficient (Wildman–Crippen LogP) is 2.90. The van der Waals surface area contributed by atoms with Crippen molar-refractivity contribution in [3.8, 4) is 0 Å². The van der Waals surface area contributed by atoms with E-state index in [4.69, 9.17) is 11.6 Å². The lowest BCUT2D eigenvalue weighted by atomic mass is 10.2. The first kappa shape index (κ1) is 19.7. The highest BCUT2D eigenvalue weighted by Crippen LogP contribution is 2.15. The quantitative estimate of drug-likeness (QED) is 0.632. The second-order valence-electron chi connectivity index (χ2n) is 5.75. The minimum absolute atomic E-state index is 0.180. The first-order valence-corrected chi connectivity index (χ1v) is 9.68. The number of nitrogens with one attached hydrogen (secondary N) is 1. The molecule has 0 spiro atoms. The number of thiazole rings is 1. The van der Waals surface area contributed by atoms with Crippen molar-refractivity contribution in [2.45, 2.75) is 6.54 Å². The minimum atomic E-state index is -0.432. The monoisotopic (exact) mass is 412 g/mol. The summed E-state index contributed by atoms with van der Waals surface area (Å²) in [5.41, 5.74) is 1.73. The fraction of sp³-hybridized carbons (Fsp3) is 0.100. The van der Waals surface area contributed by atoms with Gasteiger partial charge < -0.3 is 9.88 Å². The zero-order valence-corrected chi connectivity index (χ0v) is 16.4. The van der Waals surface area contributed by atoms with Gasteiger partial charge in [-0.25, -0.2) is 0 Å². The highest BCUT2D eigenvalue weighted by Gasteiger charge is 2.05. The summed E-state index contributed by atoms with van der Waals surface area (Å²) in [5, 5.41) is 5.03. The van der Waals surface area contributed by atoms with Crippen LogP contribution in [0.4, 0.5) is 0 Å². The van der Waals surface area contributed by atoms with E-state index in [9.17, 15) is 9.59 Å². The average Bonchev–Trinajstić information content (AvgIpc) is 3.14. The number of carbonyl (C=O) groups excluding carboxylic acids is 2. The Balaban J connectivity index is 1.59. The number of pyridine rings is 1. The Kier molecular flexibility index (Phi) is 6.89. The number of hydrogen-bond donors (Lipinski definition) is 1. The SMILES string of the molecule is O=C(CNC(=O)/C=C/c1cccnc1)N=c1sccn1Cc1ccccc1Cl. The summed E-state index contributed by atoms with van der Waals surface area (Å²) >= 11 is 7.54. The smallest absolute Gasteiger partial charge is 0.267 e. The van der Waals surface area contributed by atoms with Gasteiger partial charge in [0, 0.05) is 35.1 Å². The van der Waals surface area contributed by atoms with Crippen molar-refractivity contribution in [3.05, 3.63) is 87.4 Å². The summed E-state index contributed by atoms with van der Waals surface area (Å²) in [5.74, 6) is -0.805. The third-order valence-electron chi connectivity index (χ3n) is 3.70. The van der Waals surface area contributed by atoms with E-state index in [0.717, 1.165) is 11.1 Å². The summed E-state index contributed by atoms with van der Waals surface area (Å²) in [4.78, 5) is 32.5. The van der Waals surface area contributed by atoms with Crippen LogP contribution in [-0.4, -0.2) is 27.9 Å². The van der Waals surface area contributed by atoms with Gasteiger partial charge in [-0.05, 0) is 29.3 Å². The number of halogens is 1. The van der Waals surface area contributed by atoms with Gasteiger partial charge in [0.1, 0.15) is 0 Å². The molecule has 0 bridgehead atoms. The molecule has 142 valence electrons. The Morgan fingerprint density at radius 2 is 2.11 bits per heavy atom. The molecule has 6 nitrogen and oxygen atoms in total. The van der Waals surface area contributed by atoms with Crippen LogP contribution in [0, 0.1) is 0 Å². The van der Waals surface area contributed by atoms with Crippen LogP contribution in [0.5, 0.6) is 0 Å². The molecule has 3 aromatic rings. The van der Waals surface area contributed by atoms with Crippen LogP contribution < -0.4 is 10.1 Å². The van der Waals surface area contributed by atoms with Crippen LogP contribution in [0.15, 0.2) is 71.4 Å². The van der Waals surface area contributed by atoms with Gasteiger partial charge in [0.05, 0.1) is 13.1 Å². The summed E-state index contributed by atoms with van der Waals surface area (Å²) in [6.07, 6.45) is 8.11. The predicted molar refractivity (Wildman–Crippen MR) is 110 cm³/mol. The van der Waals surface area contributed by atoms with Crippen molar-refractivity contribution in [1.82, 2.24) is 14.9 Å². The first-order valence-electron chi connectivity index (χ1n) is 8.42. The average molecular weight is 413 g/mol. The maximum Gasteiger partial charge on any atom is 0.267 e. The van der Waals surface area contributed by atoms with E-state index in [1.54, 1.807) is 24.5 Å². The molecule has 0 aliphatic heterocycles. The molecule has 2 heterocycles. The van der Waals surface area contributed by atoms with E-state index in [1.165, 1.54) is 17.4 Å². The molecule has 3 rings (SSSR count). The molecule has 8 heteroatoms. The molecule has 0 saturated carbocycles. The number of aromatic nitrogens is 2. The number of rotatable bonds is 6. The van der Waals surface area contributed by atoms with E-state index in [1.807, 2.05) is 46.5 Å². The van der Waals surface area contributed by atoms with Crippen molar-refractivity contribution in [3.63, 3.8) is 0 Å². The molecule has 0 unspecified atom stereocenters. The highest BCUT2D eigenvalue weighted by molar-refractivity contribution is 7.07. The number of benzene rings is 1. The van der Waals surface area contributed by atoms with E-state index in [2.05, 4.69) is 15.3 Å². The fourth-order valence-electron chi connectivity index (χ4n) is 2.33. The van der Waals surface area contributed by atoms with Crippen LogP contribution >= 0.6 is 22.9 Å². The number of carbonyl (C=O) groups is 2. The molecule has 1 N–H and O–H groups in total. The van der Waals surface area contributed by atoms with Gasteiger partial charge in [-0.2, -0.15) is 4.99 Å². The third kappa shape index (κ3) is 5.73. The van der Waals surface area contributed by atoms with Crippen molar-refractivity contribution >= 4 is 40.8 Å². The Bertz CT molecular complexity index is 1060. The highest BCUT2D eigenvalue weighted by atomic mass is 35.5. The number of hydrogen-bond acceptors (Lipinski definition) is 4. The summed E-state index contributed by atoms with van der Waals surface area (Å²) in [6, 6.07) is 11.1. The van der Waals surface area contributed by atoms with E-state index >= 15 is 0 Å². The zero-order chi connectivity index (χ0) is 19.8. The van der Waals surface area contributed by atoms with Crippen molar-refractivity contribution in [1.29, 1.82) is 0 Å². The molecule has 1 aromatic carbocycles. The Labute approximate surface area is 170 Å². The number of amides is 2. The van der Waals surface area contributed by atoms with Gasteiger partial charge in [-0.3, -0.25) is 14.6 Å². The standard InChI is InChI=1S/C20H17ClN4O2S/c21-17-6-2-1-5-16(17)14-25-10-11-28-20(25)24-19(27)13-23-18(26)8-7-15-4-3-9-22-12-15/h1-12H,13-14H2,(H,23,26)/b8-7+,24-20?. The summed E-state index contributed by atoms with van der Waals surface area (Å²) in [7, 11) is 0. The fourth-order valence-corrected chi connectivity index (χ4v) is 3.27. The lowest BCUT2D eigenvalue weighted by Crippen LogP contribution is -2.28. The lowest BCUT2D eigenvalue weighted by Gasteiger charge is -2.05. The Morgan fingerprint density at radius 3 is 2.89 bits per heavy atom. The van der Waals surface area contributed by atoms with Gasteiger partial charge in [0.15, 0.2) is 4.80 Å². The van der Waals surface area contributed by atoms with Crippen LogP contribution in [0.2, 0.25) is 5.02 Å². The molecular formula is C20H17ClN4O2S. The molecular weight excluding hydrogens is 396 g/mol. The van der Waals surface area contributed by atoms with Gasteiger partial charge in [0.25, 0.3) is 5.91 Å². The maximum atomic E-state index is 12.1. The minimum Gasteiger partial charge on any atom is -0.343 e. The van der Waals surface area contributed by atoms with Gasteiger partial charge in [-0.15, -0.1) is 11.3 Å². The van der Waals surface area contributed by atoms with Crippen LogP contribution in [-0.2, 0) is 16.1 Å². The van der Waals surface area contributed by atoms with Gasteiger partial charge in [0.2, 0.25) is 5.91 Å². The molecule has 0 aliphatic rings. The topological polar surface area (TPSA) is 76.3 Å². The second kappa shape index (κ2) is 9.77. The van der Waals surface area contributed by atoms with Crippen LogP contribution in [0.25, 0.3) is 6.08 Å². The van der Waals surface area contributed by atoms with Crippen LogP contribution in [0.3, 0.4) is 0 Å². The normalized spacial score (nSPS) is 11.7. The van der Waals surface area contributed by atoms with Crippen molar-refractivity contribution in [2.75, 3.05) is 6.54 Å². The Morgan fingerprint density at radius 1 is 1.25 bits per heavy atom. The first-order chi connectivity index (χ1) is 13.6. The molecule has 0 saturated heterocycles. The molecule has 0 atom stereocenters. The molecule has 2 aromatic heterocycles. The zero-order valence-electron chi connectivity index (χ0n) is 14.8. The lowest BCUT2D eigenvalue weighted by molar-refractivity contribution is -0.122. The van der Waals surface area contributed by atoms with Gasteiger partial charge in [-0.1, -0.05) is 35.9 Å². The largest absolute Gasteiger partial charge is 0.343 e. The Hall–Kier alpha value is -3.03. The molecule has 0 aliphatic carbocycles.